The molecule has 1 heterocycles. The van der Waals surface area contributed by atoms with Crippen molar-refractivity contribution in [2.75, 3.05) is 7.05 Å². The van der Waals surface area contributed by atoms with Crippen LogP contribution in [0.2, 0.25) is 5.02 Å². The number of benzene rings is 1. The summed E-state index contributed by atoms with van der Waals surface area (Å²) in [6, 6.07) is 8.61. The quantitative estimate of drug-likeness (QED) is 0.815. The maximum absolute atomic E-state index is 9.84. The monoisotopic (exact) mass is 239 g/mol. The van der Waals surface area contributed by atoms with Gasteiger partial charge >= 0.3 is 0 Å². The number of aliphatic hydroxyl groups excluding tert-OH is 1. The molecule has 3 unspecified atom stereocenters. The summed E-state index contributed by atoms with van der Waals surface area (Å²) in [5.41, 5.74) is 1.20. The Hall–Kier alpha value is -0.570. The first-order chi connectivity index (χ1) is 7.58. The molecule has 88 valence electrons. The fourth-order valence-electron chi connectivity index (χ4n) is 2.47. The van der Waals surface area contributed by atoms with E-state index < -0.39 is 0 Å². The molecule has 0 bridgehead atoms. The fraction of sp³-hybridized carbons (Fsp3) is 0.538. The third-order valence-electron chi connectivity index (χ3n) is 3.53. The van der Waals surface area contributed by atoms with Crippen molar-refractivity contribution in [3.63, 3.8) is 0 Å². The van der Waals surface area contributed by atoms with Crippen LogP contribution in [0.3, 0.4) is 0 Å². The van der Waals surface area contributed by atoms with Crippen LogP contribution in [-0.4, -0.2) is 29.2 Å². The van der Waals surface area contributed by atoms with E-state index in [0.717, 1.165) is 17.9 Å². The number of hydrogen-bond acceptors (Lipinski definition) is 2. The standard InChI is InChI=1S/C13H18ClNO/c1-9-6-12(16)8-13(15(9)2)10-4-3-5-11(14)7-10/h3-5,7,9,12-13,16H,6,8H2,1-2H3. The predicted molar refractivity (Wildman–Crippen MR) is 66.7 cm³/mol. The van der Waals surface area contributed by atoms with E-state index in [9.17, 15) is 5.11 Å². The van der Waals surface area contributed by atoms with Gasteiger partial charge in [0.2, 0.25) is 0 Å². The van der Waals surface area contributed by atoms with Crippen LogP contribution in [-0.2, 0) is 0 Å². The number of piperidine rings is 1. The highest BCUT2D eigenvalue weighted by molar-refractivity contribution is 6.30. The van der Waals surface area contributed by atoms with Crippen LogP contribution in [0.5, 0.6) is 0 Å². The molecule has 0 aliphatic carbocycles. The van der Waals surface area contributed by atoms with Crippen molar-refractivity contribution in [3.8, 4) is 0 Å². The molecular weight excluding hydrogens is 222 g/mol. The summed E-state index contributed by atoms with van der Waals surface area (Å²) in [5.74, 6) is 0. The SMILES string of the molecule is CC1CC(O)CC(c2cccc(Cl)c2)N1C. The molecule has 2 nitrogen and oxygen atoms in total. The highest BCUT2D eigenvalue weighted by Gasteiger charge is 2.30. The molecule has 1 aliphatic heterocycles. The molecule has 1 fully saturated rings. The first kappa shape index (κ1) is 11.9. The van der Waals surface area contributed by atoms with Crippen LogP contribution in [0.1, 0.15) is 31.4 Å². The second-order valence-electron chi connectivity index (χ2n) is 4.71. The Bertz CT molecular complexity index is 369. The van der Waals surface area contributed by atoms with E-state index in [1.165, 1.54) is 5.56 Å². The van der Waals surface area contributed by atoms with Crippen molar-refractivity contribution in [2.45, 2.75) is 38.0 Å². The molecule has 16 heavy (non-hydrogen) atoms. The molecule has 0 radical (unpaired) electrons. The van der Waals surface area contributed by atoms with Crippen molar-refractivity contribution in [2.24, 2.45) is 0 Å². The van der Waals surface area contributed by atoms with E-state index >= 15 is 0 Å². The largest absolute Gasteiger partial charge is 0.393 e. The first-order valence-corrected chi connectivity index (χ1v) is 6.11. The van der Waals surface area contributed by atoms with Crippen LogP contribution >= 0.6 is 11.6 Å². The average molecular weight is 240 g/mol. The van der Waals surface area contributed by atoms with Gasteiger partial charge in [0.05, 0.1) is 6.10 Å². The van der Waals surface area contributed by atoms with Crippen LogP contribution in [0.25, 0.3) is 0 Å². The molecule has 1 aromatic carbocycles. The Morgan fingerprint density at radius 2 is 2.12 bits per heavy atom. The van der Waals surface area contributed by atoms with Gasteiger partial charge in [-0.25, -0.2) is 0 Å². The van der Waals surface area contributed by atoms with Crippen molar-refractivity contribution in [3.05, 3.63) is 34.9 Å². The van der Waals surface area contributed by atoms with Gasteiger partial charge in [-0.2, -0.15) is 0 Å². The van der Waals surface area contributed by atoms with Crippen molar-refractivity contribution < 1.29 is 5.11 Å². The van der Waals surface area contributed by atoms with Crippen LogP contribution < -0.4 is 0 Å². The molecule has 1 saturated heterocycles. The van der Waals surface area contributed by atoms with E-state index in [-0.39, 0.29) is 12.1 Å². The van der Waals surface area contributed by atoms with Crippen LogP contribution in [0.15, 0.2) is 24.3 Å². The second kappa shape index (κ2) is 4.74. The van der Waals surface area contributed by atoms with Crippen LogP contribution in [0, 0.1) is 0 Å². The normalized spacial score (nSPS) is 31.6. The maximum atomic E-state index is 9.84. The lowest BCUT2D eigenvalue weighted by Crippen LogP contribution is -2.42. The lowest BCUT2D eigenvalue weighted by Gasteiger charge is -2.40. The number of nitrogens with zero attached hydrogens (tertiary/aromatic N) is 1. The van der Waals surface area contributed by atoms with E-state index in [4.69, 9.17) is 11.6 Å². The topological polar surface area (TPSA) is 23.5 Å². The first-order valence-electron chi connectivity index (χ1n) is 5.73. The zero-order valence-corrected chi connectivity index (χ0v) is 10.5. The van der Waals surface area contributed by atoms with Crippen molar-refractivity contribution in [1.82, 2.24) is 4.90 Å². The highest BCUT2D eigenvalue weighted by atomic mass is 35.5. The molecule has 1 aromatic rings. The third kappa shape index (κ3) is 2.40. The van der Waals surface area contributed by atoms with E-state index in [2.05, 4.69) is 24.9 Å². The second-order valence-corrected chi connectivity index (χ2v) is 5.15. The smallest absolute Gasteiger partial charge is 0.0573 e. The summed E-state index contributed by atoms with van der Waals surface area (Å²) >= 11 is 6.00. The van der Waals surface area contributed by atoms with E-state index in [0.29, 0.717) is 6.04 Å². The minimum atomic E-state index is -0.199. The average Bonchev–Trinajstić information content (AvgIpc) is 2.23. The minimum Gasteiger partial charge on any atom is -0.393 e. The molecule has 3 atom stereocenters. The Kier molecular flexibility index (Phi) is 3.53. The van der Waals surface area contributed by atoms with Gasteiger partial charge in [-0.15, -0.1) is 0 Å². The maximum Gasteiger partial charge on any atom is 0.0573 e. The molecule has 1 N–H and O–H groups in total. The number of aliphatic hydroxyl groups is 1. The molecule has 0 aromatic heterocycles. The summed E-state index contributed by atoms with van der Waals surface area (Å²) in [7, 11) is 2.11. The fourth-order valence-corrected chi connectivity index (χ4v) is 2.67. The zero-order chi connectivity index (χ0) is 11.7. The number of rotatable bonds is 1. The molecule has 0 saturated carbocycles. The predicted octanol–water partition coefficient (Wildman–Crippen LogP) is 2.86. The third-order valence-corrected chi connectivity index (χ3v) is 3.76. The van der Waals surface area contributed by atoms with Gasteiger partial charge in [-0.3, -0.25) is 4.90 Å². The molecule has 2 rings (SSSR count). The Morgan fingerprint density at radius 3 is 2.81 bits per heavy atom. The number of likely N-dealkylation sites (tertiary alicyclic amines) is 1. The van der Waals surface area contributed by atoms with Crippen molar-refractivity contribution in [1.29, 1.82) is 0 Å². The number of hydrogen-bond donors (Lipinski definition) is 1. The van der Waals surface area contributed by atoms with Gasteiger partial charge in [0.1, 0.15) is 0 Å². The molecule has 0 amide bonds. The summed E-state index contributed by atoms with van der Waals surface area (Å²) < 4.78 is 0. The Labute approximate surface area is 102 Å². The lowest BCUT2D eigenvalue weighted by atomic mass is 9.90. The van der Waals surface area contributed by atoms with Gasteiger partial charge < -0.3 is 5.11 Å². The molecular formula is C13H18ClNO. The molecule has 0 spiro atoms. The van der Waals surface area contributed by atoms with Gasteiger partial charge in [0, 0.05) is 17.1 Å². The van der Waals surface area contributed by atoms with Gasteiger partial charge in [0.15, 0.2) is 0 Å². The number of halogens is 1. The highest BCUT2D eigenvalue weighted by Crippen LogP contribution is 2.33. The summed E-state index contributed by atoms with van der Waals surface area (Å²) in [4.78, 5) is 2.32. The van der Waals surface area contributed by atoms with E-state index in [1.807, 2.05) is 18.2 Å². The van der Waals surface area contributed by atoms with E-state index in [1.54, 1.807) is 0 Å². The molecule has 1 aliphatic rings. The molecule has 3 heteroatoms. The summed E-state index contributed by atoms with van der Waals surface area (Å²) in [6.45, 7) is 2.15. The van der Waals surface area contributed by atoms with Gasteiger partial charge in [-0.05, 0) is 44.5 Å². The lowest BCUT2D eigenvalue weighted by molar-refractivity contribution is 0.0216. The zero-order valence-electron chi connectivity index (χ0n) is 9.73. The Morgan fingerprint density at radius 1 is 1.38 bits per heavy atom. The Balaban J connectivity index is 2.25. The van der Waals surface area contributed by atoms with Gasteiger partial charge in [-0.1, -0.05) is 23.7 Å². The summed E-state index contributed by atoms with van der Waals surface area (Å²) in [6.07, 6.45) is 1.45. The van der Waals surface area contributed by atoms with Crippen molar-refractivity contribution >= 4 is 11.6 Å². The van der Waals surface area contributed by atoms with Crippen LogP contribution in [0.4, 0.5) is 0 Å². The van der Waals surface area contributed by atoms with Gasteiger partial charge in [0.25, 0.3) is 0 Å². The minimum absolute atomic E-state index is 0.199. The summed E-state index contributed by atoms with van der Waals surface area (Å²) in [5, 5.41) is 10.6.